The summed E-state index contributed by atoms with van der Waals surface area (Å²) in [5.74, 6) is 0.844. The van der Waals surface area contributed by atoms with Gasteiger partial charge in [0.1, 0.15) is 0 Å². The van der Waals surface area contributed by atoms with Crippen LogP contribution in [-0.4, -0.2) is 25.2 Å². The SMILES string of the molecule is CC1CC(C2CCCNC2)NN1. The molecule has 0 aliphatic carbocycles. The molecule has 2 rings (SSSR count). The van der Waals surface area contributed by atoms with Crippen molar-refractivity contribution in [2.75, 3.05) is 13.1 Å². The Morgan fingerprint density at radius 1 is 1.25 bits per heavy atom. The maximum absolute atomic E-state index is 3.46. The summed E-state index contributed by atoms with van der Waals surface area (Å²) in [6, 6.07) is 1.35. The molecular weight excluding hydrogens is 150 g/mol. The molecule has 70 valence electrons. The molecule has 2 heterocycles. The molecule has 2 aliphatic heterocycles. The van der Waals surface area contributed by atoms with Gasteiger partial charge in [0.2, 0.25) is 0 Å². The summed E-state index contributed by atoms with van der Waals surface area (Å²) >= 11 is 0. The molecule has 3 atom stereocenters. The van der Waals surface area contributed by atoms with Crippen LogP contribution in [0.3, 0.4) is 0 Å². The second-order valence-electron chi connectivity index (χ2n) is 4.14. The van der Waals surface area contributed by atoms with E-state index < -0.39 is 0 Å². The lowest BCUT2D eigenvalue weighted by atomic mass is 9.90. The Hall–Kier alpha value is -0.120. The molecule has 0 aromatic rings. The van der Waals surface area contributed by atoms with E-state index in [1.54, 1.807) is 0 Å². The van der Waals surface area contributed by atoms with Crippen LogP contribution < -0.4 is 16.2 Å². The van der Waals surface area contributed by atoms with E-state index in [2.05, 4.69) is 23.1 Å². The second kappa shape index (κ2) is 3.73. The number of piperidine rings is 1. The predicted molar refractivity (Wildman–Crippen MR) is 49.7 cm³/mol. The minimum atomic E-state index is 0.650. The molecule has 2 fully saturated rings. The third-order valence-corrected chi connectivity index (χ3v) is 3.03. The summed E-state index contributed by atoms with van der Waals surface area (Å²) in [4.78, 5) is 0. The average molecular weight is 169 g/mol. The molecule has 2 aliphatic rings. The van der Waals surface area contributed by atoms with E-state index in [-0.39, 0.29) is 0 Å². The van der Waals surface area contributed by atoms with E-state index >= 15 is 0 Å². The Morgan fingerprint density at radius 2 is 2.17 bits per heavy atom. The smallest absolute Gasteiger partial charge is 0.0268 e. The minimum absolute atomic E-state index is 0.650. The quantitative estimate of drug-likeness (QED) is 0.526. The van der Waals surface area contributed by atoms with Gasteiger partial charge in [0.25, 0.3) is 0 Å². The molecule has 0 aromatic heterocycles. The highest BCUT2D eigenvalue weighted by atomic mass is 15.4. The standard InChI is InChI=1S/C9H19N3/c1-7-5-9(12-11-7)8-3-2-4-10-6-8/h7-12H,2-6H2,1H3. The van der Waals surface area contributed by atoms with Gasteiger partial charge < -0.3 is 5.32 Å². The van der Waals surface area contributed by atoms with Gasteiger partial charge in [-0.05, 0) is 45.2 Å². The highest BCUT2D eigenvalue weighted by molar-refractivity contribution is 4.86. The molecule has 3 nitrogen and oxygen atoms in total. The first-order valence-corrected chi connectivity index (χ1v) is 5.08. The van der Waals surface area contributed by atoms with Crippen molar-refractivity contribution in [1.29, 1.82) is 0 Å². The zero-order chi connectivity index (χ0) is 8.39. The third kappa shape index (κ3) is 1.79. The maximum Gasteiger partial charge on any atom is 0.0268 e. The molecular formula is C9H19N3. The average Bonchev–Trinajstić information content (AvgIpc) is 2.54. The molecule has 2 saturated heterocycles. The zero-order valence-corrected chi connectivity index (χ0v) is 7.77. The molecule has 0 aromatic carbocycles. The third-order valence-electron chi connectivity index (χ3n) is 3.03. The lowest BCUT2D eigenvalue weighted by molar-refractivity contribution is 0.297. The lowest BCUT2D eigenvalue weighted by Crippen LogP contribution is -2.43. The second-order valence-corrected chi connectivity index (χ2v) is 4.14. The zero-order valence-electron chi connectivity index (χ0n) is 7.77. The largest absolute Gasteiger partial charge is 0.316 e. The summed E-state index contributed by atoms with van der Waals surface area (Å²) in [6.07, 6.45) is 4.02. The van der Waals surface area contributed by atoms with Crippen molar-refractivity contribution in [3.05, 3.63) is 0 Å². The van der Waals surface area contributed by atoms with Crippen molar-refractivity contribution in [3.63, 3.8) is 0 Å². The summed E-state index contributed by atoms with van der Waals surface area (Å²) in [7, 11) is 0. The summed E-state index contributed by atoms with van der Waals surface area (Å²) in [5, 5.41) is 3.46. The number of nitrogens with one attached hydrogen (secondary N) is 3. The van der Waals surface area contributed by atoms with Crippen molar-refractivity contribution in [2.45, 2.75) is 38.3 Å². The van der Waals surface area contributed by atoms with Crippen LogP contribution >= 0.6 is 0 Å². The molecule has 0 bridgehead atoms. The molecule has 0 saturated carbocycles. The van der Waals surface area contributed by atoms with Gasteiger partial charge in [0.15, 0.2) is 0 Å². The van der Waals surface area contributed by atoms with Gasteiger partial charge >= 0.3 is 0 Å². The molecule has 0 radical (unpaired) electrons. The van der Waals surface area contributed by atoms with Gasteiger partial charge in [-0.3, -0.25) is 10.9 Å². The van der Waals surface area contributed by atoms with E-state index in [0.717, 1.165) is 5.92 Å². The fraction of sp³-hybridized carbons (Fsp3) is 1.00. The molecule has 3 N–H and O–H groups in total. The van der Waals surface area contributed by atoms with Crippen molar-refractivity contribution in [1.82, 2.24) is 16.2 Å². The van der Waals surface area contributed by atoms with E-state index in [4.69, 9.17) is 0 Å². The Morgan fingerprint density at radius 3 is 2.75 bits per heavy atom. The summed E-state index contributed by atoms with van der Waals surface area (Å²) in [6.45, 7) is 4.65. The number of hydrogen-bond donors (Lipinski definition) is 3. The van der Waals surface area contributed by atoms with Crippen molar-refractivity contribution < 1.29 is 0 Å². The molecule has 3 unspecified atom stereocenters. The van der Waals surface area contributed by atoms with Crippen molar-refractivity contribution >= 4 is 0 Å². The highest BCUT2D eigenvalue weighted by Gasteiger charge is 2.28. The Balaban J connectivity index is 1.83. The van der Waals surface area contributed by atoms with Crippen molar-refractivity contribution in [2.24, 2.45) is 5.92 Å². The van der Waals surface area contributed by atoms with Crippen LogP contribution in [0.2, 0.25) is 0 Å². The monoisotopic (exact) mass is 169 g/mol. The normalized spacial score (nSPS) is 43.2. The van der Waals surface area contributed by atoms with E-state index in [9.17, 15) is 0 Å². The Bertz CT molecular complexity index is 140. The van der Waals surface area contributed by atoms with E-state index in [1.165, 1.54) is 32.4 Å². The summed E-state index contributed by atoms with van der Waals surface area (Å²) in [5.41, 5.74) is 6.68. The van der Waals surface area contributed by atoms with Gasteiger partial charge in [0.05, 0.1) is 0 Å². The lowest BCUT2D eigenvalue weighted by Gasteiger charge is -2.27. The number of hydrazine groups is 1. The van der Waals surface area contributed by atoms with Crippen LogP contribution in [0.15, 0.2) is 0 Å². The van der Waals surface area contributed by atoms with Gasteiger partial charge in [-0.25, -0.2) is 0 Å². The van der Waals surface area contributed by atoms with E-state index in [1.807, 2.05) is 0 Å². The molecule has 12 heavy (non-hydrogen) atoms. The topological polar surface area (TPSA) is 36.1 Å². The highest BCUT2D eigenvalue weighted by Crippen LogP contribution is 2.20. The number of hydrogen-bond acceptors (Lipinski definition) is 3. The Kier molecular flexibility index (Phi) is 2.63. The first-order valence-electron chi connectivity index (χ1n) is 5.08. The fourth-order valence-corrected chi connectivity index (χ4v) is 2.28. The van der Waals surface area contributed by atoms with Crippen LogP contribution in [0.4, 0.5) is 0 Å². The summed E-state index contributed by atoms with van der Waals surface area (Å²) < 4.78 is 0. The van der Waals surface area contributed by atoms with Crippen LogP contribution in [0.25, 0.3) is 0 Å². The Labute approximate surface area is 74.3 Å². The molecule has 0 amide bonds. The van der Waals surface area contributed by atoms with Crippen LogP contribution in [0, 0.1) is 5.92 Å². The minimum Gasteiger partial charge on any atom is -0.316 e. The maximum atomic E-state index is 3.46. The van der Waals surface area contributed by atoms with E-state index in [0.29, 0.717) is 12.1 Å². The van der Waals surface area contributed by atoms with Gasteiger partial charge in [-0.2, -0.15) is 0 Å². The van der Waals surface area contributed by atoms with Crippen LogP contribution in [0.1, 0.15) is 26.2 Å². The predicted octanol–water partition coefficient (Wildman–Crippen LogP) is 0.241. The van der Waals surface area contributed by atoms with Crippen LogP contribution in [-0.2, 0) is 0 Å². The van der Waals surface area contributed by atoms with Gasteiger partial charge in [0, 0.05) is 12.1 Å². The van der Waals surface area contributed by atoms with Crippen LogP contribution in [0.5, 0.6) is 0 Å². The first-order chi connectivity index (χ1) is 5.86. The number of rotatable bonds is 1. The molecule has 3 heteroatoms. The first kappa shape index (κ1) is 8.48. The van der Waals surface area contributed by atoms with Gasteiger partial charge in [-0.1, -0.05) is 0 Å². The van der Waals surface area contributed by atoms with Crippen molar-refractivity contribution in [3.8, 4) is 0 Å². The fourth-order valence-electron chi connectivity index (χ4n) is 2.28. The van der Waals surface area contributed by atoms with Gasteiger partial charge in [-0.15, -0.1) is 0 Å². The molecule has 0 spiro atoms.